The maximum atomic E-state index is 6.58. The topological polar surface area (TPSA) is 9.23 Å². The molecule has 0 aromatic rings. The van der Waals surface area contributed by atoms with Gasteiger partial charge in [-0.05, 0) is 56.3 Å². The van der Waals surface area contributed by atoms with Gasteiger partial charge in [0.05, 0.1) is 11.7 Å². The van der Waals surface area contributed by atoms with Crippen LogP contribution in [0.2, 0.25) is 0 Å². The van der Waals surface area contributed by atoms with E-state index in [4.69, 9.17) is 4.74 Å². The number of ether oxygens (including phenoxy) is 1. The Bertz CT molecular complexity index is 267. The summed E-state index contributed by atoms with van der Waals surface area (Å²) in [5.41, 5.74) is 0.221. The van der Waals surface area contributed by atoms with Crippen molar-refractivity contribution in [1.82, 2.24) is 0 Å². The Morgan fingerprint density at radius 2 is 1.83 bits per heavy atom. The second-order valence-corrected chi connectivity index (χ2v) is 7.63. The molecule has 0 aromatic heterocycles. The molecule has 0 N–H and O–H groups in total. The summed E-state index contributed by atoms with van der Waals surface area (Å²) < 4.78 is 6.58. The van der Waals surface area contributed by atoms with Gasteiger partial charge in [-0.15, -0.1) is 0 Å². The zero-order valence-corrected chi connectivity index (χ0v) is 13.0. The highest BCUT2D eigenvalue weighted by molar-refractivity contribution is 5.02. The van der Waals surface area contributed by atoms with Crippen molar-refractivity contribution in [3.63, 3.8) is 0 Å². The van der Waals surface area contributed by atoms with Crippen molar-refractivity contribution < 1.29 is 4.74 Å². The van der Waals surface area contributed by atoms with Crippen LogP contribution in [-0.2, 0) is 4.74 Å². The van der Waals surface area contributed by atoms with Crippen LogP contribution >= 0.6 is 0 Å². The average molecular weight is 252 g/mol. The SMILES string of the molecule is CC(C)CC1C2CCCCC1(CC(C)C)OC2C. The number of rotatable bonds is 4. The minimum Gasteiger partial charge on any atom is -0.371 e. The van der Waals surface area contributed by atoms with Gasteiger partial charge in [-0.25, -0.2) is 0 Å². The molecule has 106 valence electrons. The maximum absolute atomic E-state index is 6.58. The Labute approximate surface area is 114 Å². The number of hydrogen-bond donors (Lipinski definition) is 0. The molecule has 1 saturated carbocycles. The van der Waals surface area contributed by atoms with Crippen LogP contribution in [0.3, 0.4) is 0 Å². The Morgan fingerprint density at radius 3 is 2.44 bits per heavy atom. The van der Waals surface area contributed by atoms with Crippen molar-refractivity contribution in [3.05, 3.63) is 0 Å². The van der Waals surface area contributed by atoms with E-state index >= 15 is 0 Å². The van der Waals surface area contributed by atoms with E-state index in [2.05, 4.69) is 34.6 Å². The first kappa shape index (κ1) is 14.4. The fourth-order valence-corrected chi connectivity index (χ4v) is 4.64. The fourth-order valence-electron chi connectivity index (χ4n) is 4.64. The molecule has 1 heteroatoms. The molecule has 1 saturated heterocycles. The third-order valence-corrected chi connectivity index (χ3v) is 5.08. The van der Waals surface area contributed by atoms with Gasteiger partial charge < -0.3 is 4.74 Å². The van der Waals surface area contributed by atoms with Gasteiger partial charge in [-0.3, -0.25) is 0 Å². The van der Waals surface area contributed by atoms with Crippen molar-refractivity contribution >= 4 is 0 Å². The van der Waals surface area contributed by atoms with Crippen LogP contribution in [0.4, 0.5) is 0 Å². The molecule has 1 aliphatic carbocycles. The average Bonchev–Trinajstić information content (AvgIpc) is 2.38. The first-order valence-corrected chi connectivity index (χ1v) is 8.12. The van der Waals surface area contributed by atoms with E-state index in [9.17, 15) is 0 Å². The van der Waals surface area contributed by atoms with Gasteiger partial charge in [0.15, 0.2) is 0 Å². The second-order valence-electron chi connectivity index (χ2n) is 7.63. The summed E-state index contributed by atoms with van der Waals surface area (Å²) in [6.45, 7) is 11.8. The van der Waals surface area contributed by atoms with E-state index in [1.165, 1.54) is 38.5 Å². The van der Waals surface area contributed by atoms with Crippen molar-refractivity contribution in [2.45, 2.75) is 84.8 Å². The lowest BCUT2D eigenvalue weighted by atomic mass is 9.71. The highest BCUT2D eigenvalue weighted by atomic mass is 16.5. The first-order valence-electron chi connectivity index (χ1n) is 8.12. The standard InChI is InChI=1S/C17H32O/c1-12(2)10-16-15-8-6-7-9-17(16,11-13(3)4)18-14(15)5/h12-16H,6-11H2,1-5H3. The second kappa shape index (κ2) is 5.53. The third-order valence-electron chi connectivity index (χ3n) is 5.08. The lowest BCUT2D eigenvalue weighted by Gasteiger charge is -2.37. The summed E-state index contributed by atoms with van der Waals surface area (Å²) in [6, 6.07) is 0. The van der Waals surface area contributed by atoms with Crippen LogP contribution in [-0.4, -0.2) is 11.7 Å². The van der Waals surface area contributed by atoms with Crippen LogP contribution in [0.15, 0.2) is 0 Å². The van der Waals surface area contributed by atoms with Crippen LogP contribution in [0.1, 0.15) is 73.1 Å². The van der Waals surface area contributed by atoms with Gasteiger partial charge in [0.1, 0.15) is 0 Å². The summed E-state index contributed by atoms with van der Waals surface area (Å²) >= 11 is 0. The Kier molecular flexibility index (Phi) is 4.41. The van der Waals surface area contributed by atoms with Gasteiger partial charge in [-0.1, -0.05) is 40.5 Å². The Balaban J connectivity index is 2.24. The molecule has 0 amide bonds. The lowest BCUT2D eigenvalue weighted by molar-refractivity contribution is -0.0775. The van der Waals surface area contributed by atoms with Gasteiger partial charge in [0.2, 0.25) is 0 Å². The molecule has 4 unspecified atom stereocenters. The summed E-state index contributed by atoms with van der Waals surface area (Å²) in [6.07, 6.45) is 8.64. The van der Waals surface area contributed by atoms with Crippen molar-refractivity contribution in [2.75, 3.05) is 0 Å². The maximum Gasteiger partial charge on any atom is 0.0720 e. The van der Waals surface area contributed by atoms with Gasteiger partial charge in [0.25, 0.3) is 0 Å². The van der Waals surface area contributed by atoms with Gasteiger partial charge >= 0.3 is 0 Å². The van der Waals surface area contributed by atoms with E-state index < -0.39 is 0 Å². The normalized spacial score (nSPS) is 40.5. The summed E-state index contributed by atoms with van der Waals surface area (Å²) in [5, 5.41) is 0. The molecule has 0 radical (unpaired) electrons. The van der Waals surface area contributed by atoms with Crippen LogP contribution in [0, 0.1) is 23.7 Å². The molecule has 2 bridgehead atoms. The van der Waals surface area contributed by atoms with E-state index in [-0.39, 0.29) is 5.60 Å². The third kappa shape index (κ3) is 2.76. The van der Waals surface area contributed by atoms with E-state index in [0.29, 0.717) is 6.10 Å². The zero-order chi connectivity index (χ0) is 13.3. The molecule has 4 atom stereocenters. The predicted molar refractivity (Wildman–Crippen MR) is 77.6 cm³/mol. The van der Waals surface area contributed by atoms with Crippen LogP contribution in [0.5, 0.6) is 0 Å². The molecule has 1 heterocycles. The molecular weight excluding hydrogens is 220 g/mol. The largest absolute Gasteiger partial charge is 0.371 e. The monoisotopic (exact) mass is 252 g/mol. The quantitative estimate of drug-likeness (QED) is 0.681. The molecular formula is C17H32O. The lowest BCUT2D eigenvalue weighted by Crippen LogP contribution is -2.38. The molecule has 0 spiro atoms. The smallest absolute Gasteiger partial charge is 0.0720 e. The van der Waals surface area contributed by atoms with Crippen LogP contribution < -0.4 is 0 Å². The van der Waals surface area contributed by atoms with Crippen molar-refractivity contribution in [1.29, 1.82) is 0 Å². The van der Waals surface area contributed by atoms with Crippen molar-refractivity contribution in [3.8, 4) is 0 Å². The van der Waals surface area contributed by atoms with E-state index in [1.807, 2.05) is 0 Å². The summed E-state index contributed by atoms with van der Waals surface area (Å²) in [4.78, 5) is 0. The zero-order valence-electron chi connectivity index (χ0n) is 13.0. The highest BCUT2D eigenvalue weighted by Gasteiger charge is 2.53. The molecule has 18 heavy (non-hydrogen) atoms. The summed E-state index contributed by atoms with van der Waals surface area (Å²) in [7, 11) is 0. The van der Waals surface area contributed by atoms with E-state index in [1.54, 1.807) is 0 Å². The van der Waals surface area contributed by atoms with Crippen molar-refractivity contribution in [2.24, 2.45) is 23.7 Å². The van der Waals surface area contributed by atoms with Gasteiger partial charge in [0, 0.05) is 0 Å². The van der Waals surface area contributed by atoms with Crippen LogP contribution in [0.25, 0.3) is 0 Å². The number of hydrogen-bond acceptors (Lipinski definition) is 1. The minimum atomic E-state index is 0.221. The molecule has 2 fully saturated rings. The Morgan fingerprint density at radius 1 is 1.11 bits per heavy atom. The predicted octanol–water partition coefficient (Wildman–Crippen LogP) is 5.04. The molecule has 1 aliphatic heterocycles. The van der Waals surface area contributed by atoms with E-state index in [0.717, 1.165) is 23.7 Å². The Hall–Kier alpha value is -0.0400. The fraction of sp³-hybridized carbons (Fsp3) is 1.00. The minimum absolute atomic E-state index is 0.221. The molecule has 2 aliphatic rings. The number of fused-ring (bicyclic) bond motifs is 2. The highest BCUT2D eigenvalue weighted by Crippen LogP contribution is 2.53. The molecule has 0 aromatic carbocycles. The van der Waals surface area contributed by atoms with Gasteiger partial charge in [-0.2, -0.15) is 0 Å². The summed E-state index contributed by atoms with van der Waals surface area (Å²) in [5.74, 6) is 3.20. The molecule has 2 rings (SSSR count). The first-order chi connectivity index (χ1) is 8.44. The molecule has 1 nitrogen and oxygen atoms in total.